The summed E-state index contributed by atoms with van der Waals surface area (Å²) in [6, 6.07) is 46.9. The molecule has 2 heterocycles. The van der Waals surface area contributed by atoms with E-state index in [2.05, 4.69) is 133 Å². The van der Waals surface area contributed by atoms with Gasteiger partial charge in [-0.25, -0.2) is 0 Å². The van der Waals surface area contributed by atoms with Gasteiger partial charge in [0, 0.05) is 22.3 Å². The monoisotopic (exact) mass is 462 g/mol. The second-order valence-corrected chi connectivity index (χ2v) is 9.69. The fourth-order valence-corrected chi connectivity index (χ4v) is 6.30. The fraction of sp³-hybridized carbons (Fsp3) is 0.0588. The lowest BCUT2D eigenvalue weighted by atomic mass is 9.69. The molecule has 0 aliphatic carbocycles. The van der Waals surface area contributed by atoms with Crippen molar-refractivity contribution in [1.82, 2.24) is 0 Å². The molecule has 2 nitrogen and oxygen atoms in total. The molecule has 2 unspecified atom stereocenters. The van der Waals surface area contributed by atoms with Gasteiger partial charge >= 0.3 is 0 Å². The van der Waals surface area contributed by atoms with E-state index in [1.54, 1.807) is 0 Å². The van der Waals surface area contributed by atoms with Crippen LogP contribution in [-0.4, -0.2) is 0 Å². The van der Waals surface area contributed by atoms with Gasteiger partial charge in [0.15, 0.2) is 0 Å². The molecular weight excluding hydrogens is 440 g/mol. The Morgan fingerprint density at radius 2 is 0.694 bits per heavy atom. The molecule has 0 radical (unpaired) electrons. The zero-order valence-corrected chi connectivity index (χ0v) is 19.5. The molecule has 170 valence electrons. The molecule has 8 rings (SSSR count). The summed E-state index contributed by atoms with van der Waals surface area (Å²) in [6.45, 7) is 0. The van der Waals surface area contributed by atoms with Crippen molar-refractivity contribution >= 4 is 21.5 Å². The van der Waals surface area contributed by atoms with Gasteiger partial charge in [0.2, 0.25) is 11.2 Å². The van der Waals surface area contributed by atoms with Crippen LogP contribution in [0.3, 0.4) is 0 Å². The summed E-state index contributed by atoms with van der Waals surface area (Å²) >= 11 is 0. The molecule has 0 saturated heterocycles. The van der Waals surface area contributed by atoms with Gasteiger partial charge in [0.1, 0.15) is 11.5 Å². The zero-order valence-electron chi connectivity index (χ0n) is 19.5. The Balaban J connectivity index is 1.55. The number of benzene rings is 6. The lowest BCUT2D eigenvalue weighted by molar-refractivity contribution is -0.0143. The lowest BCUT2D eigenvalue weighted by Crippen LogP contribution is -2.50. The van der Waals surface area contributed by atoms with Gasteiger partial charge in [0.25, 0.3) is 0 Å². The predicted molar refractivity (Wildman–Crippen MR) is 144 cm³/mol. The van der Waals surface area contributed by atoms with Gasteiger partial charge in [-0.3, -0.25) is 0 Å². The Bertz CT molecular complexity index is 1660. The minimum atomic E-state index is -0.880. The van der Waals surface area contributed by atoms with Gasteiger partial charge in [-0.05, 0) is 45.8 Å². The maximum Gasteiger partial charge on any atom is 0.211 e. The van der Waals surface area contributed by atoms with E-state index >= 15 is 0 Å². The van der Waals surface area contributed by atoms with Crippen molar-refractivity contribution < 1.29 is 9.47 Å². The van der Waals surface area contributed by atoms with Gasteiger partial charge in [-0.1, -0.05) is 109 Å². The van der Waals surface area contributed by atoms with E-state index in [1.807, 2.05) is 0 Å². The number of fused-ring (bicyclic) bond motifs is 7. The van der Waals surface area contributed by atoms with Crippen LogP contribution >= 0.6 is 0 Å². The summed E-state index contributed by atoms with van der Waals surface area (Å²) in [6.07, 6.45) is 0. The third kappa shape index (κ3) is 2.36. The van der Waals surface area contributed by atoms with Gasteiger partial charge in [-0.2, -0.15) is 0 Å². The molecule has 6 aromatic carbocycles. The van der Waals surface area contributed by atoms with Crippen LogP contribution in [0.1, 0.15) is 22.3 Å². The highest BCUT2D eigenvalue weighted by molar-refractivity contribution is 5.89. The summed E-state index contributed by atoms with van der Waals surface area (Å²) in [4.78, 5) is 0. The topological polar surface area (TPSA) is 18.5 Å². The molecular formula is C34H22O2. The van der Waals surface area contributed by atoms with Crippen molar-refractivity contribution in [3.8, 4) is 11.5 Å². The molecule has 2 aliphatic rings. The molecule has 2 heteroatoms. The minimum absolute atomic E-state index is 0.861. The molecule has 0 aromatic heterocycles. The first-order chi connectivity index (χ1) is 17.8. The van der Waals surface area contributed by atoms with E-state index in [0.717, 1.165) is 44.5 Å². The van der Waals surface area contributed by atoms with Gasteiger partial charge < -0.3 is 9.47 Å². The van der Waals surface area contributed by atoms with Crippen LogP contribution in [0, 0.1) is 0 Å². The summed E-state index contributed by atoms with van der Waals surface area (Å²) < 4.78 is 14.4. The molecule has 0 amide bonds. The van der Waals surface area contributed by atoms with E-state index in [-0.39, 0.29) is 0 Å². The summed E-state index contributed by atoms with van der Waals surface area (Å²) in [5.41, 5.74) is 2.49. The Kier molecular flexibility index (Phi) is 3.83. The van der Waals surface area contributed by atoms with E-state index < -0.39 is 11.2 Å². The van der Waals surface area contributed by atoms with E-state index in [4.69, 9.17) is 9.47 Å². The summed E-state index contributed by atoms with van der Waals surface area (Å²) in [7, 11) is 0. The quantitative estimate of drug-likeness (QED) is 0.260. The molecule has 0 fully saturated rings. The number of hydrogen-bond donors (Lipinski definition) is 0. The highest BCUT2D eigenvalue weighted by Gasteiger charge is 2.70. The van der Waals surface area contributed by atoms with Crippen LogP contribution in [0.25, 0.3) is 21.5 Å². The minimum Gasteiger partial charge on any atom is -0.472 e. The molecule has 2 atom stereocenters. The SMILES string of the molecule is c1ccc(C23Oc4cc5ccccc5cc4C2(c2ccccc2)Oc2cc4ccccc4cc23)cc1. The van der Waals surface area contributed by atoms with E-state index in [0.29, 0.717) is 0 Å². The molecule has 0 bridgehead atoms. The van der Waals surface area contributed by atoms with Crippen LogP contribution in [0.4, 0.5) is 0 Å². The molecule has 0 N–H and O–H groups in total. The highest BCUT2D eigenvalue weighted by atomic mass is 16.6. The van der Waals surface area contributed by atoms with Crippen LogP contribution < -0.4 is 9.47 Å². The van der Waals surface area contributed by atoms with E-state index in [9.17, 15) is 0 Å². The number of hydrogen-bond acceptors (Lipinski definition) is 2. The first kappa shape index (κ1) is 19.7. The fourth-order valence-electron chi connectivity index (χ4n) is 6.30. The van der Waals surface area contributed by atoms with Crippen molar-refractivity contribution in [2.75, 3.05) is 0 Å². The number of rotatable bonds is 2. The van der Waals surface area contributed by atoms with Gasteiger partial charge in [-0.15, -0.1) is 0 Å². The van der Waals surface area contributed by atoms with Crippen molar-refractivity contribution in [2.24, 2.45) is 0 Å². The number of ether oxygens (including phenoxy) is 2. The van der Waals surface area contributed by atoms with Crippen molar-refractivity contribution in [1.29, 1.82) is 0 Å². The first-order valence-electron chi connectivity index (χ1n) is 12.4. The predicted octanol–water partition coefficient (Wildman–Crippen LogP) is 7.97. The lowest BCUT2D eigenvalue weighted by Gasteiger charge is -2.38. The molecule has 0 saturated carbocycles. The first-order valence-corrected chi connectivity index (χ1v) is 12.4. The second-order valence-electron chi connectivity index (χ2n) is 9.69. The normalized spacial score (nSPS) is 21.4. The maximum atomic E-state index is 7.22. The smallest absolute Gasteiger partial charge is 0.211 e. The Hall–Kier alpha value is -4.56. The third-order valence-corrected chi connectivity index (χ3v) is 7.84. The van der Waals surface area contributed by atoms with Crippen LogP contribution in [0.15, 0.2) is 133 Å². The molecule has 0 spiro atoms. The van der Waals surface area contributed by atoms with Crippen molar-refractivity contribution in [2.45, 2.75) is 11.2 Å². The van der Waals surface area contributed by atoms with Crippen LogP contribution in [-0.2, 0) is 11.2 Å². The standard InChI is InChI=1S/C34H22O2/c1-3-15-27(16-4-1)33-29-19-23-11-7-9-13-25(23)21-31(29)36-34(33,28-17-5-2-6-18-28)30-20-24-12-8-10-14-26(24)22-32(30)35-33/h1-22H. The molecule has 6 aromatic rings. The Labute approximate surface area is 209 Å². The molecule has 2 aliphatic heterocycles. The second kappa shape index (κ2) is 6.99. The zero-order chi connectivity index (χ0) is 23.7. The van der Waals surface area contributed by atoms with Crippen LogP contribution in [0.5, 0.6) is 11.5 Å². The third-order valence-electron chi connectivity index (χ3n) is 7.84. The summed E-state index contributed by atoms with van der Waals surface area (Å²) in [5.74, 6) is 1.72. The Morgan fingerprint density at radius 1 is 0.361 bits per heavy atom. The van der Waals surface area contributed by atoms with Crippen molar-refractivity contribution in [3.05, 3.63) is 156 Å². The van der Waals surface area contributed by atoms with Crippen LogP contribution in [0.2, 0.25) is 0 Å². The van der Waals surface area contributed by atoms with Crippen molar-refractivity contribution in [3.63, 3.8) is 0 Å². The Morgan fingerprint density at radius 3 is 1.08 bits per heavy atom. The molecule has 36 heavy (non-hydrogen) atoms. The largest absolute Gasteiger partial charge is 0.472 e. The van der Waals surface area contributed by atoms with E-state index in [1.165, 1.54) is 10.8 Å². The average Bonchev–Trinajstić information content (AvgIpc) is 3.38. The van der Waals surface area contributed by atoms with Gasteiger partial charge in [0.05, 0.1) is 0 Å². The highest BCUT2D eigenvalue weighted by Crippen LogP contribution is 2.67. The maximum absolute atomic E-state index is 7.22. The summed E-state index contributed by atoms with van der Waals surface area (Å²) in [5, 5.41) is 4.65. The average molecular weight is 463 g/mol.